The number of aromatic amines is 1. The molecule has 0 saturated heterocycles. The van der Waals surface area contributed by atoms with Crippen LogP contribution in [0.5, 0.6) is 0 Å². The van der Waals surface area contributed by atoms with Gasteiger partial charge in [-0.05, 0) is 12.3 Å². The third kappa shape index (κ3) is 2.85. The number of thioether (sulfide) groups is 1. The molecule has 15 heavy (non-hydrogen) atoms. The Bertz CT molecular complexity index is 384. The first kappa shape index (κ1) is 11.8. The van der Waals surface area contributed by atoms with Crippen molar-refractivity contribution in [1.29, 1.82) is 0 Å². The molecule has 1 N–H and O–H groups in total. The molecule has 0 aliphatic carbocycles. The van der Waals surface area contributed by atoms with E-state index in [0.29, 0.717) is 0 Å². The number of hydrogen-bond acceptors (Lipinski definition) is 3. The molecule has 82 valence electrons. The van der Waals surface area contributed by atoms with Crippen molar-refractivity contribution in [2.75, 3.05) is 0 Å². The highest BCUT2D eigenvalue weighted by molar-refractivity contribution is 8.02. The van der Waals surface area contributed by atoms with Crippen LogP contribution in [-0.4, -0.2) is 16.3 Å². The lowest BCUT2D eigenvalue weighted by Crippen LogP contribution is -2.08. The van der Waals surface area contributed by atoms with E-state index in [0.717, 1.165) is 11.8 Å². The van der Waals surface area contributed by atoms with E-state index in [2.05, 4.69) is 9.97 Å². The maximum Gasteiger partial charge on any atom is 0.433 e. The first-order valence-corrected chi connectivity index (χ1v) is 4.77. The van der Waals surface area contributed by atoms with Crippen molar-refractivity contribution < 1.29 is 18.0 Å². The summed E-state index contributed by atoms with van der Waals surface area (Å²) in [5.41, 5.74) is -1.72. The first-order chi connectivity index (χ1) is 6.99. The summed E-state index contributed by atoms with van der Waals surface area (Å²) in [5.74, 6) is 0. The molecule has 0 spiro atoms. The van der Waals surface area contributed by atoms with Gasteiger partial charge in [-0.15, -0.1) is 0 Å². The third-order valence-corrected chi connectivity index (χ3v) is 2.25. The Kier molecular flexibility index (Phi) is 3.57. The standard InChI is InChI=1S/C8H7F3N2OS/c1-2-3-15-7-12-5(4-14)6(13-7)8(9,10)11/h2-4H,1H3,(H,12,13)/b3-2-. The van der Waals surface area contributed by atoms with Crippen LogP contribution in [0.1, 0.15) is 23.1 Å². The Labute approximate surface area is 87.8 Å². The molecule has 3 nitrogen and oxygen atoms in total. The maximum atomic E-state index is 12.3. The van der Waals surface area contributed by atoms with E-state index in [1.807, 2.05) is 0 Å². The number of nitrogens with one attached hydrogen (secondary N) is 1. The largest absolute Gasteiger partial charge is 0.433 e. The van der Waals surface area contributed by atoms with Gasteiger partial charge in [0.2, 0.25) is 0 Å². The molecule has 1 heterocycles. The van der Waals surface area contributed by atoms with E-state index < -0.39 is 17.6 Å². The van der Waals surface area contributed by atoms with Crippen molar-refractivity contribution >= 4 is 18.0 Å². The molecule has 1 aromatic rings. The van der Waals surface area contributed by atoms with E-state index in [1.165, 1.54) is 0 Å². The van der Waals surface area contributed by atoms with Crippen molar-refractivity contribution in [3.05, 3.63) is 22.9 Å². The molecule has 0 aliphatic heterocycles. The maximum absolute atomic E-state index is 12.3. The first-order valence-electron chi connectivity index (χ1n) is 3.89. The Balaban J connectivity index is 3.06. The SMILES string of the molecule is C/C=C\Sc1nc(C=O)c(C(F)(F)F)[nH]1. The highest BCUT2D eigenvalue weighted by Gasteiger charge is 2.36. The number of allylic oxidation sites excluding steroid dienone is 1. The van der Waals surface area contributed by atoms with Crippen LogP contribution in [0.3, 0.4) is 0 Å². The summed E-state index contributed by atoms with van der Waals surface area (Å²) in [5, 5.41) is 1.61. The van der Waals surface area contributed by atoms with Crippen LogP contribution in [-0.2, 0) is 6.18 Å². The predicted molar refractivity (Wildman–Crippen MR) is 49.6 cm³/mol. The molecule has 1 aromatic heterocycles. The van der Waals surface area contributed by atoms with Gasteiger partial charge in [-0.1, -0.05) is 17.8 Å². The highest BCUT2D eigenvalue weighted by atomic mass is 32.2. The minimum absolute atomic E-state index is 0.0440. The Morgan fingerprint density at radius 3 is 2.53 bits per heavy atom. The number of halogens is 3. The van der Waals surface area contributed by atoms with Gasteiger partial charge >= 0.3 is 6.18 Å². The number of carbonyl (C=O) groups is 1. The number of carbonyl (C=O) groups excluding carboxylic acids is 1. The van der Waals surface area contributed by atoms with Gasteiger partial charge in [0.05, 0.1) is 0 Å². The molecule has 0 unspecified atom stereocenters. The van der Waals surface area contributed by atoms with Crippen LogP contribution >= 0.6 is 11.8 Å². The lowest BCUT2D eigenvalue weighted by molar-refractivity contribution is -0.141. The molecule has 0 radical (unpaired) electrons. The molecule has 0 aliphatic rings. The summed E-state index contributed by atoms with van der Waals surface area (Å²) >= 11 is 0.981. The molecule has 0 bridgehead atoms. The summed E-state index contributed by atoms with van der Waals surface area (Å²) < 4.78 is 36.9. The second-order valence-corrected chi connectivity index (χ2v) is 3.40. The lowest BCUT2D eigenvalue weighted by atomic mass is 10.3. The van der Waals surface area contributed by atoms with Crippen molar-refractivity contribution in [2.45, 2.75) is 18.3 Å². The fraction of sp³-hybridized carbons (Fsp3) is 0.250. The number of aldehydes is 1. The van der Waals surface area contributed by atoms with Crippen LogP contribution in [0.25, 0.3) is 0 Å². The number of imidazole rings is 1. The number of hydrogen-bond donors (Lipinski definition) is 1. The quantitative estimate of drug-likeness (QED) is 0.648. The van der Waals surface area contributed by atoms with Crippen LogP contribution in [0.15, 0.2) is 16.6 Å². The third-order valence-electron chi connectivity index (χ3n) is 1.42. The summed E-state index contributed by atoms with van der Waals surface area (Å²) in [7, 11) is 0. The minimum atomic E-state index is -4.59. The lowest BCUT2D eigenvalue weighted by Gasteiger charge is -2.02. The summed E-state index contributed by atoms with van der Waals surface area (Å²) in [4.78, 5) is 15.9. The van der Waals surface area contributed by atoms with Gasteiger partial charge in [-0.2, -0.15) is 13.2 Å². The van der Waals surface area contributed by atoms with Crippen molar-refractivity contribution in [3.8, 4) is 0 Å². The number of alkyl halides is 3. The van der Waals surface area contributed by atoms with E-state index in [-0.39, 0.29) is 11.4 Å². The minimum Gasteiger partial charge on any atom is -0.328 e. The molecule has 0 atom stereocenters. The molecular weight excluding hydrogens is 229 g/mol. The number of rotatable bonds is 3. The van der Waals surface area contributed by atoms with Gasteiger partial charge in [0.1, 0.15) is 5.69 Å². The Morgan fingerprint density at radius 2 is 2.13 bits per heavy atom. The fourth-order valence-electron chi connectivity index (χ4n) is 0.854. The molecule has 1 rings (SSSR count). The molecule has 7 heteroatoms. The Hall–Kier alpha value is -1.24. The number of aromatic nitrogens is 2. The van der Waals surface area contributed by atoms with E-state index in [1.54, 1.807) is 18.4 Å². The average Bonchev–Trinajstić information content (AvgIpc) is 2.57. The van der Waals surface area contributed by atoms with Crippen LogP contribution in [0.4, 0.5) is 13.2 Å². The fourth-order valence-corrected chi connectivity index (χ4v) is 1.43. The second kappa shape index (κ2) is 4.52. The van der Waals surface area contributed by atoms with Crippen LogP contribution < -0.4 is 0 Å². The molecule has 0 aromatic carbocycles. The second-order valence-electron chi connectivity index (χ2n) is 2.51. The van der Waals surface area contributed by atoms with E-state index in [4.69, 9.17) is 0 Å². The average molecular weight is 236 g/mol. The summed E-state index contributed by atoms with van der Waals surface area (Å²) in [6.07, 6.45) is -2.85. The normalized spacial score (nSPS) is 12.3. The Morgan fingerprint density at radius 1 is 1.47 bits per heavy atom. The zero-order valence-electron chi connectivity index (χ0n) is 7.63. The predicted octanol–water partition coefficient (Wildman–Crippen LogP) is 2.87. The molecule has 0 saturated carbocycles. The topological polar surface area (TPSA) is 45.8 Å². The monoisotopic (exact) mass is 236 g/mol. The van der Waals surface area contributed by atoms with Gasteiger partial charge in [-0.25, -0.2) is 4.98 Å². The van der Waals surface area contributed by atoms with Crippen LogP contribution in [0.2, 0.25) is 0 Å². The highest BCUT2D eigenvalue weighted by Crippen LogP contribution is 2.31. The molecular formula is C8H7F3N2OS. The van der Waals surface area contributed by atoms with Crippen LogP contribution in [0, 0.1) is 0 Å². The van der Waals surface area contributed by atoms with Gasteiger partial charge in [-0.3, -0.25) is 4.79 Å². The zero-order valence-corrected chi connectivity index (χ0v) is 8.45. The van der Waals surface area contributed by atoms with Crippen molar-refractivity contribution in [3.63, 3.8) is 0 Å². The van der Waals surface area contributed by atoms with Crippen molar-refractivity contribution in [2.24, 2.45) is 0 Å². The smallest absolute Gasteiger partial charge is 0.328 e. The number of H-pyrrole nitrogens is 1. The van der Waals surface area contributed by atoms with Crippen molar-refractivity contribution in [1.82, 2.24) is 9.97 Å². The van der Waals surface area contributed by atoms with E-state index >= 15 is 0 Å². The molecule has 0 fully saturated rings. The molecule has 0 amide bonds. The number of nitrogens with zero attached hydrogens (tertiary/aromatic N) is 1. The van der Waals surface area contributed by atoms with Gasteiger partial charge in [0, 0.05) is 0 Å². The summed E-state index contributed by atoms with van der Waals surface area (Å²) in [6, 6.07) is 0. The summed E-state index contributed by atoms with van der Waals surface area (Å²) in [6.45, 7) is 1.72. The van der Waals surface area contributed by atoms with E-state index in [9.17, 15) is 18.0 Å². The van der Waals surface area contributed by atoms with Gasteiger partial charge in [0.15, 0.2) is 17.1 Å². The van der Waals surface area contributed by atoms with Gasteiger partial charge < -0.3 is 4.98 Å². The van der Waals surface area contributed by atoms with Gasteiger partial charge in [0.25, 0.3) is 0 Å². The zero-order chi connectivity index (χ0) is 11.5.